The summed E-state index contributed by atoms with van der Waals surface area (Å²) in [6.07, 6.45) is 0. The minimum atomic E-state index is -0.910. The van der Waals surface area contributed by atoms with Crippen molar-refractivity contribution in [3.63, 3.8) is 0 Å². The van der Waals surface area contributed by atoms with Crippen LogP contribution in [0.5, 0.6) is 0 Å². The minimum Gasteiger partial charge on any atom is -0.477 e. The number of carbonyl (C=O) groups is 1. The number of hydrogen-bond acceptors (Lipinski definition) is 4. The molecular formula is C15H18N2O2S. The van der Waals surface area contributed by atoms with Gasteiger partial charge in [0.1, 0.15) is 9.88 Å². The van der Waals surface area contributed by atoms with Gasteiger partial charge >= 0.3 is 5.97 Å². The van der Waals surface area contributed by atoms with Crippen LogP contribution in [0.15, 0.2) is 30.3 Å². The summed E-state index contributed by atoms with van der Waals surface area (Å²) >= 11 is 1.27. The smallest absolute Gasteiger partial charge is 0.348 e. The number of carboxylic acid groups (broad SMARTS) is 1. The predicted molar refractivity (Wildman–Crippen MR) is 81.1 cm³/mol. The maximum atomic E-state index is 11.4. The van der Waals surface area contributed by atoms with E-state index in [0.717, 1.165) is 23.7 Å². The highest BCUT2D eigenvalue weighted by molar-refractivity contribution is 7.14. The van der Waals surface area contributed by atoms with Crippen LogP contribution in [0.1, 0.15) is 28.5 Å². The molecule has 0 aliphatic rings. The van der Waals surface area contributed by atoms with Crippen LogP contribution >= 0.6 is 11.3 Å². The third-order valence-corrected chi connectivity index (χ3v) is 4.19. The number of aromatic carboxylic acids is 1. The lowest BCUT2D eigenvalue weighted by Crippen LogP contribution is -2.21. The Hall–Kier alpha value is -1.72. The summed E-state index contributed by atoms with van der Waals surface area (Å²) in [5.41, 5.74) is 1.43. The molecule has 0 spiro atoms. The second-order valence-electron chi connectivity index (χ2n) is 4.42. The molecule has 1 aromatic carbocycles. The van der Waals surface area contributed by atoms with E-state index in [4.69, 9.17) is 0 Å². The molecule has 0 amide bonds. The molecule has 1 N–H and O–H groups in total. The number of benzene rings is 1. The van der Waals surface area contributed by atoms with Crippen LogP contribution in [0, 0.1) is 0 Å². The molecule has 2 aromatic rings. The minimum absolute atomic E-state index is 0.318. The van der Waals surface area contributed by atoms with Crippen LogP contribution < -0.4 is 0 Å². The maximum Gasteiger partial charge on any atom is 0.348 e. The molecule has 20 heavy (non-hydrogen) atoms. The summed E-state index contributed by atoms with van der Waals surface area (Å²) in [5, 5.41) is 10.2. The summed E-state index contributed by atoms with van der Waals surface area (Å²) < 4.78 is 0. The fourth-order valence-corrected chi connectivity index (χ4v) is 2.97. The summed E-state index contributed by atoms with van der Waals surface area (Å²) in [4.78, 5) is 18.5. The van der Waals surface area contributed by atoms with Crippen LogP contribution in [-0.4, -0.2) is 34.0 Å². The van der Waals surface area contributed by atoms with Crippen LogP contribution in [-0.2, 0) is 6.54 Å². The second kappa shape index (κ2) is 6.63. The van der Waals surface area contributed by atoms with Gasteiger partial charge < -0.3 is 5.11 Å². The van der Waals surface area contributed by atoms with Crippen LogP contribution in [0.2, 0.25) is 0 Å². The van der Waals surface area contributed by atoms with E-state index < -0.39 is 5.97 Å². The van der Waals surface area contributed by atoms with Crippen molar-refractivity contribution in [2.75, 3.05) is 13.1 Å². The molecule has 0 fully saturated rings. The van der Waals surface area contributed by atoms with Crippen molar-refractivity contribution in [2.45, 2.75) is 20.4 Å². The van der Waals surface area contributed by atoms with Crippen LogP contribution in [0.3, 0.4) is 0 Å². The molecule has 0 aliphatic carbocycles. The monoisotopic (exact) mass is 290 g/mol. The van der Waals surface area contributed by atoms with Gasteiger partial charge in [-0.25, -0.2) is 9.78 Å². The summed E-state index contributed by atoms with van der Waals surface area (Å²) in [5.74, 6) is -0.910. The molecule has 0 unspecified atom stereocenters. The molecule has 0 atom stereocenters. The molecule has 1 heterocycles. The van der Waals surface area contributed by atoms with E-state index in [9.17, 15) is 9.90 Å². The number of aromatic nitrogens is 1. The van der Waals surface area contributed by atoms with Crippen molar-refractivity contribution in [3.8, 4) is 11.3 Å². The second-order valence-corrected chi connectivity index (χ2v) is 5.50. The number of nitrogens with zero attached hydrogens (tertiary/aromatic N) is 2. The third kappa shape index (κ3) is 3.23. The van der Waals surface area contributed by atoms with Crippen molar-refractivity contribution in [2.24, 2.45) is 0 Å². The van der Waals surface area contributed by atoms with Gasteiger partial charge in [-0.1, -0.05) is 44.2 Å². The van der Waals surface area contributed by atoms with Crippen LogP contribution in [0.25, 0.3) is 11.3 Å². The summed E-state index contributed by atoms with van der Waals surface area (Å²) in [7, 11) is 0. The van der Waals surface area contributed by atoms with E-state index in [1.54, 1.807) is 0 Å². The molecule has 4 nitrogen and oxygen atoms in total. The standard InChI is InChI=1S/C15H18N2O2S/c1-3-17(4-2)10-12-16-13(14(20-12)15(18)19)11-8-6-5-7-9-11/h5-9H,3-4,10H2,1-2H3,(H,18,19). The Balaban J connectivity index is 2.36. The third-order valence-electron chi connectivity index (χ3n) is 3.17. The molecule has 0 bridgehead atoms. The van der Waals surface area contributed by atoms with Gasteiger partial charge in [-0.2, -0.15) is 0 Å². The van der Waals surface area contributed by atoms with Crippen LogP contribution in [0.4, 0.5) is 0 Å². The highest BCUT2D eigenvalue weighted by Crippen LogP contribution is 2.28. The van der Waals surface area contributed by atoms with Gasteiger partial charge in [0.25, 0.3) is 0 Å². The van der Waals surface area contributed by atoms with Gasteiger partial charge in [0.05, 0.1) is 12.2 Å². The zero-order chi connectivity index (χ0) is 14.5. The van der Waals surface area contributed by atoms with Crippen molar-refractivity contribution < 1.29 is 9.90 Å². The first-order valence-corrected chi connectivity index (χ1v) is 7.48. The molecule has 0 radical (unpaired) electrons. The maximum absolute atomic E-state index is 11.4. The summed E-state index contributed by atoms with van der Waals surface area (Å²) in [6, 6.07) is 9.48. The molecule has 2 rings (SSSR count). The molecule has 0 saturated heterocycles. The Kier molecular flexibility index (Phi) is 4.87. The molecule has 106 valence electrons. The predicted octanol–water partition coefficient (Wildman–Crippen LogP) is 3.35. The topological polar surface area (TPSA) is 53.4 Å². The molecule has 0 aliphatic heterocycles. The van der Waals surface area contributed by atoms with Gasteiger partial charge in [0, 0.05) is 5.56 Å². The Labute approximate surface area is 122 Å². The van der Waals surface area contributed by atoms with E-state index in [0.29, 0.717) is 17.1 Å². The van der Waals surface area contributed by atoms with E-state index in [-0.39, 0.29) is 0 Å². The fraction of sp³-hybridized carbons (Fsp3) is 0.333. The Morgan fingerprint density at radius 2 is 1.90 bits per heavy atom. The first-order chi connectivity index (χ1) is 9.65. The Morgan fingerprint density at radius 1 is 1.25 bits per heavy atom. The Morgan fingerprint density at radius 3 is 2.45 bits per heavy atom. The number of carboxylic acids is 1. The van der Waals surface area contributed by atoms with E-state index >= 15 is 0 Å². The van der Waals surface area contributed by atoms with Crippen molar-refractivity contribution >= 4 is 17.3 Å². The zero-order valence-electron chi connectivity index (χ0n) is 11.7. The SMILES string of the molecule is CCN(CC)Cc1nc(-c2ccccc2)c(C(=O)O)s1. The van der Waals surface area contributed by atoms with Crippen molar-refractivity contribution in [3.05, 3.63) is 40.2 Å². The largest absolute Gasteiger partial charge is 0.477 e. The average molecular weight is 290 g/mol. The normalized spacial score (nSPS) is 10.9. The lowest BCUT2D eigenvalue weighted by atomic mass is 10.1. The van der Waals surface area contributed by atoms with Crippen molar-refractivity contribution in [1.82, 2.24) is 9.88 Å². The first-order valence-electron chi connectivity index (χ1n) is 6.66. The quantitative estimate of drug-likeness (QED) is 0.886. The van der Waals surface area contributed by atoms with Gasteiger partial charge in [-0.3, -0.25) is 4.90 Å². The lowest BCUT2D eigenvalue weighted by Gasteiger charge is -2.15. The highest BCUT2D eigenvalue weighted by atomic mass is 32.1. The van der Waals surface area contributed by atoms with Crippen molar-refractivity contribution in [1.29, 1.82) is 0 Å². The zero-order valence-corrected chi connectivity index (χ0v) is 12.5. The van der Waals surface area contributed by atoms with Gasteiger partial charge in [-0.05, 0) is 13.1 Å². The highest BCUT2D eigenvalue weighted by Gasteiger charge is 2.19. The first kappa shape index (κ1) is 14.7. The summed E-state index contributed by atoms with van der Waals surface area (Å²) in [6.45, 7) is 6.74. The van der Waals surface area contributed by atoms with Gasteiger partial charge in [0.2, 0.25) is 0 Å². The van der Waals surface area contributed by atoms with E-state index in [1.165, 1.54) is 11.3 Å². The molecule has 5 heteroatoms. The molecular weight excluding hydrogens is 272 g/mol. The van der Waals surface area contributed by atoms with E-state index in [2.05, 4.69) is 23.7 Å². The van der Waals surface area contributed by atoms with E-state index in [1.807, 2.05) is 30.3 Å². The number of thiazole rings is 1. The van der Waals surface area contributed by atoms with Gasteiger partial charge in [-0.15, -0.1) is 11.3 Å². The average Bonchev–Trinajstić information content (AvgIpc) is 2.90. The molecule has 1 aromatic heterocycles. The molecule has 0 saturated carbocycles. The Bertz CT molecular complexity index is 577. The number of rotatable bonds is 6. The number of hydrogen-bond donors (Lipinski definition) is 1. The fourth-order valence-electron chi connectivity index (χ4n) is 2.01. The van der Waals surface area contributed by atoms with Gasteiger partial charge in [0.15, 0.2) is 0 Å². The lowest BCUT2D eigenvalue weighted by molar-refractivity contribution is 0.0702.